The largest absolute Gasteiger partial charge is 0.508 e. The minimum Gasteiger partial charge on any atom is -0.508 e. The lowest BCUT2D eigenvalue weighted by Crippen LogP contribution is -2.68. The second kappa shape index (κ2) is 16.5. The number of hydrogen-bond acceptors (Lipinski definition) is 5. The highest BCUT2D eigenvalue weighted by molar-refractivity contribution is 6.32. The third kappa shape index (κ3) is 7.47. The first-order valence-electron chi connectivity index (χ1n) is 21.1. The van der Waals surface area contributed by atoms with Gasteiger partial charge in [0.05, 0.1) is 24.2 Å². The summed E-state index contributed by atoms with van der Waals surface area (Å²) in [7, 11) is 0. The zero-order valence-electron chi connectivity index (χ0n) is 33.8. The van der Waals surface area contributed by atoms with Gasteiger partial charge in [-0.25, -0.2) is 4.98 Å². The molecule has 2 aromatic heterocycles. The Balaban J connectivity index is 1.19. The number of aromatic hydroxyl groups is 1. The molecule has 61 heavy (non-hydrogen) atoms. The molecule has 3 aliphatic rings. The molecule has 2 bridgehead atoms. The molecule has 0 saturated carbocycles. The van der Waals surface area contributed by atoms with E-state index < -0.39 is 6.10 Å². The number of ether oxygens (including phenoxy) is 1. The number of quaternary nitrogens is 1. The molecule has 11 rings (SSSR count). The third-order valence-electron chi connectivity index (χ3n) is 13.0. The fraction of sp³-hybridized carbons (Fsp3) is 0.167. The second-order valence-corrected chi connectivity index (χ2v) is 16.9. The van der Waals surface area contributed by atoms with E-state index in [-0.39, 0.29) is 11.8 Å². The number of aromatic nitrogens is 3. The standard InChI is InChI=1S/C54H45ClN4O2/c1-2-36-34-59(35-43-31-41(37-15-7-3-8-16-37)23-25-45(43)38-17-9-4-10-18-38)30-28-42(36)32-49(59)51(46-27-29-56-48-26-24-44(60)33-47(46)48)61-54-50(39-19-11-5-12-20-39)52(55)57-53(58-54)40-21-13-6-14-22-40/h2-27,29,31,33,36,42,49,51H,1,28,30,32,34-35H2/p+1/t36-,42-,49+,51-,59-/m0/s1. The lowest BCUT2D eigenvalue weighted by atomic mass is 9.70. The van der Waals surface area contributed by atoms with E-state index in [1.807, 2.05) is 79.0 Å². The van der Waals surface area contributed by atoms with Gasteiger partial charge in [0, 0.05) is 47.0 Å². The van der Waals surface area contributed by atoms with Crippen molar-refractivity contribution in [3.8, 4) is 56.4 Å². The van der Waals surface area contributed by atoms with Crippen LogP contribution in [0.4, 0.5) is 0 Å². The van der Waals surface area contributed by atoms with Crippen LogP contribution in [0.1, 0.15) is 30.1 Å². The van der Waals surface area contributed by atoms with Crippen molar-refractivity contribution < 1.29 is 14.3 Å². The van der Waals surface area contributed by atoms with Crippen LogP contribution < -0.4 is 4.74 Å². The van der Waals surface area contributed by atoms with E-state index in [1.165, 1.54) is 27.8 Å². The van der Waals surface area contributed by atoms with Crippen molar-refractivity contribution >= 4 is 22.5 Å². The molecule has 300 valence electrons. The van der Waals surface area contributed by atoms with E-state index >= 15 is 0 Å². The maximum atomic E-state index is 11.0. The summed E-state index contributed by atoms with van der Waals surface area (Å²) in [6.45, 7) is 7.07. The number of phenols is 1. The fourth-order valence-electron chi connectivity index (χ4n) is 10.1. The Morgan fingerprint density at radius 3 is 2.11 bits per heavy atom. The van der Waals surface area contributed by atoms with Crippen LogP contribution in [0.5, 0.6) is 11.6 Å². The lowest BCUT2D eigenvalue weighted by molar-refractivity contribution is -0.984. The first-order chi connectivity index (χ1) is 30.0. The quantitative estimate of drug-likeness (QED) is 0.0800. The van der Waals surface area contributed by atoms with Crippen molar-refractivity contribution in [3.05, 3.63) is 199 Å². The van der Waals surface area contributed by atoms with E-state index in [1.54, 1.807) is 6.07 Å². The van der Waals surface area contributed by atoms with Crippen LogP contribution in [-0.2, 0) is 6.54 Å². The molecule has 0 radical (unpaired) electrons. The van der Waals surface area contributed by atoms with Crippen LogP contribution in [0, 0.1) is 11.8 Å². The Morgan fingerprint density at radius 2 is 1.41 bits per heavy atom. The number of fused-ring (bicyclic) bond motifs is 4. The molecule has 0 unspecified atom stereocenters. The molecule has 5 heterocycles. The Kier molecular flexibility index (Phi) is 10.4. The predicted molar refractivity (Wildman–Crippen MR) is 246 cm³/mol. The van der Waals surface area contributed by atoms with Crippen molar-refractivity contribution in [2.75, 3.05) is 13.1 Å². The van der Waals surface area contributed by atoms with Crippen molar-refractivity contribution in [1.82, 2.24) is 15.0 Å². The average molecular weight is 818 g/mol. The van der Waals surface area contributed by atoms with Gasteiger partial charge in [-0.05, 0) is 64.1 Å². The highest BCUT2D eigenvalue weighted by atomic mass is 35.5. The maximum Gasteiger partial charge on any atom is 0.227 e. The molecule has 0 aliphatic carbocycles. The summed E-state index contributed by atoms with van der Waals surface area (Å²) >= 11 is 7.24. The Hall–Kier alpha value is -6.60. The normalized spacial score (nSPS) is 20.0. The monoisotopic (exact) mass is 817 g/mol. The van der Waals surface area contributed by atoms with Crippen LogP contribution in [0.3, 0.4) is 0 Å². The molecule has 5 atom stereocenters. The van der Waals surface area contributed by atoms with Gasteiger partial charge < -0.3 is 14.3 Å². The van der Waals surface area contributed by atoms with E-state index in [4.69, 9.17) is 31.3 Å². The van der Waals surface area contributed by atoms with Crippen LogP contribution in [0.25, 0.3) is 55.7 Å². The number of hydrogen-bond donors (Lipinski definition) is 1. The predicted octanol–water partition coefficient (Wildman–Crippen LogP) is 12.8. The Bertz CT molecular complexity index is 2840. The Labute approximate surface area is 362 Å². The van der Waals surface area contributed by atoms with Gasteiger partial charge in [-0.3, -0.25) is 4.98 Å². The molecule has 6 nitrogen and oxygen atoms in total. The molecule has 0 amide bonds. The molecule has 3 saturated heterocycles. The van der Waals surface area contributed by atoms with Crippen LogP contribution in [0.15, 0.2) is 183 Å². The van der Waals surface area contributed by atoms with E-state index in [9.17, 15) is 5.11 Å². The van der Waals surface area contributed by atoms with Crippen molar-refractivity contribution in [1.29, 1.82) is 0 Å². The Morgan fingerprint density at radius 1 is 0.738 bits per heavy atom. The summed E-state index contributed by atoms with van der Waals surface area (Å²) in [5.41, 5.74) is 10.2. The first-order valence-corrected chi connectivity index (χ1v) is 21.5. The van der Waals surface area contributed by atoms with Crippen LogP contribution >= 0.6 is 11.6 Å². The number of rotatable bonds is 11. The molecule has 0 spiro atoms. The van der Waals surface area contributed by atoms with Crippen LogP contribution in [0.2, 0.25) is 5.15 Å². The summed E-state index contributed by atoms with van der Waals surface area (Å²) in [5, 5.41) is 12.1. The van der Waals surface area contributed by atoms with Gasteiger partial charge in [0.15, 0.2) is 11.9 Å². The minimum absolute atomic E-state index is 0.0237. The number of pyridine rings is 1. The number of benzene rings is 6. The highest BCUT2D eigenvalue weighted by Crippen LogP contribution is 2.51. The summed E-state index contributed by atoms with van der Waals surface area (Å²) in [4.78, 5) is 14.8. The smallest absolute Gasteiger partial charge is 0.227 e. The minimum atomic E-state index is -0.518. The van der Waals surface area contributed by atoms with Gasteiger partial charge in [-0.2, -0.15) is 4.98 Å². The summed E-state index contributed by atoms with van der Waals surface area (Å²) in [6, 6.07) is 55.7. The average Bonchev–Trinajstić information content (AvgIpc) is 3.31. The third-order valence-corrected chi connectivity index (χ3v) is 13.3. The number of piperidine rings is 3. The summed E-state index contributed by atoms with van der Waals surface area (Å²) in [5.74, 6) is 1.86. The molecule has 6 aromatic carbocycles. The van der Waals surface area contributed by atoms with E-state index in [2.05, 4.69) is 97.6 Å². The molecule has 3 fully saturated rings. The lowest BCUT2D eigenvalue weighted by Gasteiger charge is -2.58. The molecule has 1 N–H and O–H groups in total. The van der Waals surface area contributed by atoms with Gasteiger partial charge in [-0.1, -0.05) is 151 Å². The van der Waals surface area contributed by atoms with Gasteiger partial charge in [-0.15, -0.1) is 6.58 Å². The number of nitrogens with zero attached hydrogens (tertiary/aromatic N) is 4. The molecule has 7 heteroatoms. The first kappa shape index (κ1) is 38.6. The zero-order chi connectivity index (χ0) is 41.3. The van der Waals surface area contributed by atoms with Gasteiger partial charge in [0.25, 0.3) is 0 Å². The molecule has 3 aliphatic heterocycles. The molecular formula is C54H46ClN4O2+. The van der Waals surface area contributed by atoms with Gasteiger partial charge >= 0.3 is 0 Å². The van der Waals surface area contributed by atoms with E-state index in [0.29, 0.717) is 34.3 Å². The molecular weight excluding hydrogens is 772 g/mol. The number of phenolic OH excluding ortho intramolecular Hbond substituents is 1. The zero-order valence-corrected chi connectivity index (χ0v) is 34.6. The van der Waals surface area contributed by atoms with Crippen molar-refractivity contribution in [3.63, 3.8) is 0 Å². The van der Waals surface area contributed by atoms with Crippen LogP contribution in [-0.4, -0.2) is 43.7 Å². The summed E-state index contributed by atoms with van der Waals surface area (Å²) < 4.78 is 8.40. The highest BCUT2D eigenvalue weighted by Gasteiger charge is 2.55. The summed E-state index contributed by atoms with van der Waals surface area (Å²) in [6.07, 6.45) is 5.52. The second-order valence-electron chi connectivity index (χ2n) is 16.5. The van der Waals surface area contributed by atoms with E-state index in [0.717, 1.165) is 64.6 Å². The number of halogens is 1. The van der Waals surface area contributed by atoms with Gasteiger partial charge in [0.1, 0.15) is 23.5 Å². The van der Waals surface area contributed by atoms with Crippen molar-refractivity contribution in [2.45, 2.75) is 31.5 Å². The SMILES string of the molecule is C=C[C@H]1C[N@+]2(Cc3cc(-c4ccccc4)ccc3-c3ccccc3)CC[C@H]1C[C@@H]2[C@@H](Oc1nc(-c2ccccc2)nc(Cl)c1-c1ccccc1)c1ccnc2ccc(O)cc12. The van der Waals surface area contributed by atoms with Crippen molar-refractivity contribution in [2.24, 2.45) is 11.8 Å². The topological polar surface area (TPSA) is 68.1 Å². The fourth-order valence-corrected chi connectivity index (χ4v) is 10.3. The molecule has 8 aromatic rings. The maximum absolute atomic E-state index is 11.0. The van der Waals surface area contributed by atoms with Gasteiger partial charge in [0.2, 0.25) is 5.88 Å².